The Balaban J connectivity index is 1.91. The van der Waals surface area contributed by atoms with E-state index >= 15 is 0 Å². The van der Waals surface area contributed by atoms with E-state index in [4.69, 9.17) is 15.6 Å². The van der Waals surface area contributed by atoms with Crippen molar-refractivity contribution in [3.05, 3.63) is 65.7 Å². The molecule has 6 nitrogen and oxygen atoms in total. The van der Waals surface area contributed by atoms with Crippen LogP contribution in [-0.4, -0.2) is 35.9 Å². The molecule has 0 atom stereocenters. The Bertz CT molecular complexity index is 967. The summed E-state index contributed by atoms with van der Waals surface area (Å²) in [5, 5.41) is 24.2. The van der Waals surface area contributed by atoms with Gasteiger partial charge in [0.1, 0.15) is 18.1 Å². The summed E-state index contributed by atoms with van der Waals surface area (Å²) < 4.78 is 5.49. The summed E-state index contributed by atoms with van der Waals surface area (Å²) in [5.74, 6) is -0.138. The number of nitrogens with two attached hydrogens (primary N) is 1. The largest absolute Gasteiger partial charge is 0.507 e. The van der Waals surface area contributed by atoms with E-state index in [9.17, 15) is 9.90 Å². The SMILES string of the molecule is NCCCc1cc(C(=O)Nc2cccc3ccccc23)c(O)cc1OCCO. The van der Waals surface area contributed by atoms with Gasteiger partial charge in [-0.2, -0.15) is 0 Å². The first-order chi connectivity index (χ1) is 13.6. The molecule has 0 radical (unpaired) electrons. The monoisotopic (exact) mass is 380 g/mol. The predicted octanol–water partition coefficient (Wildman–Crippen LogP) is 3.06. The van der Waals surface area contributed by atoms with Crippen LogP contribution in [0, 0.1) is 0 Å². The smallest absolute Gasteiger partial charge is 0.259 e. The van der Waals surface area contributed by atoms with Crippen LogP contribution in [0.1, 0.15) is 22.3 Å². The van der Waals surface area contributed by atoms with E-state index in [0.717, 1.165) is 16.3 Å². The third-order valence-electron chi connectivity index (χ3n) is 4.46. The van der Waals surface area contributed by atoms with Crippen molar-refractivity contribution in [3.63, 3.8) is 0 Å². The number of rotatable bonds is 8. The Morgan fingerprint density at radius 3 is 2.68 bits per heavy atom. The standard InChI is InChI=1S/C22H24N2O4/c23-10-4-7-16-13-18(20(26)14-21(16)28-12-11-25)22(27)24-19-9-3-6-15-5-1-2-8-17(15)19/h1-3,5-6,8-9,13-14,25-26H,4,7,10-12,23H2,(H,24,27). The second-order valence-electron chi connectivity index (χ2n) is 6.42. The zero-order valence-electron chi connectivity index (χ0n) is 15.5. The van der Waals surface area contributed by atoms with Gasteiger partial charge in [0, 0.05) is 17.1 Å². The second-order valence-corrected chi connectivity index (χ2v) is 6.42. The molecule has 3 aromatic carbocycles. The van der Waals surface area contributed by atoms with Crippen LogP contribution in [0.5, 0.6) is 11.5 Å². The second kappa shape index (κ2) is 9.21. The molecule has 0 unspecified atom stereocenters. The maximum Gasteiger partial charge on any atom is 0.259 e. The first-order valence-corrected chi connectivity index (χ1v) is 9.22. The van der Waals surface area contributed by atoms with E-state index in [1.54, 1.807) is 6.07 Å². The normalized spacial score (nSPS) is 10.8. The number of carbonyl (C=O) groups is 1. The van der Waals surface area contributed by atoms with Crippen molar-refractivity contribution in [3.8, 4) is 11.5 Å². The van der Waals surface area contributed by atoms with Gasteiger partial charge in [-0.15, -0.1) is 0 Å². The number of amides is 1. The van der Waals surface area contributed by atoms with Crippen molar-refractivity contribution in [2.24, 2.45) is 5.73 Å². The molecule has 6 heteroatoms. The van der Waals surface area contributed by atoms with Gasteiger partial charge in [0.15, 0.2) is 0 Å². The Hall–Kier alpha value is -3.09. The molecule has 0 aliphatic rings. The molecule has 28 heavy (non-hydrogen) atoms. The molecule has 3 aromatic rings. The van der Waals surface area contributed by atoms with Crippen molar-refractivity contribution < 1.29 is 19.7 Å². The van der Waals surface area contributed by atoms with Crippen LogP contribution in [0.4, 0.5) is 5.69 Å². The molecule has 0 aromatic heterocycles. The fourth-order valence-electron chi connectivity index (χ4n) is 3.10. The molecule has 0 bridgehead atoms. The molecule has 5 N–H and O–H groups in total. The fourth-order valence-corrected chi connectivity index (χ4v) is 3.10. The summed E-state index contributed by atoms with van der Waals surface area (Å²) in [7, 11) is 0. The first kappa shape index (κ1) is 19.7. The summed E-state index contributed by atoms with van der Waals surface area (Å²) in [6.07, 6.45) is 1.32. The lowest BCUT2D eigenvalue weighted by atomic mass is 10.0. The van der Waals surface area contributed by atoms with Gasteiger partial charge in [0.2, 0.25) is 0 Å². The number of benzene rings is 3. The number of anilines is 1. The number of nitrogens with one attached hydrogen (secondary N) is 1. The fraction of sp³-hybridized carbons (Fsp3) is 0.227. The van der Waals surface area contributed by atoms with Gasteiger partial charge in [-0.25, -0.2) is 0 Å². The zero-order valence-corrected chi connectivity index (χ0v) is 15.5. The molecule has 0 spiro atoms. The molecule has 146 valence electrons. The topological polar surface area (TPSA) is 105 Å². The van der Waals surface area contributed by atoms with Crippen LogP contribution in [0.25, 0.3) is 10.8 Å². The van der Waals surface area contributed by atoms with E-state index < -0.39 is 5.91 Å². The molecular weight excluding hydrogens is 356 g/mol. The summed E-state index contributed by atoms with van der Waals surface area (Å²) in [4.78, 5) is 12.9. The highest BCUT2D eigenvalue weighted by atomic mass is 16.5. The summed E-state index contributed by atoms with van der Waals surface area (Å²) in [5.41, 5.74) is 7.20. The minimum absolute atomic E-state index is 0.108. The third kappa shape index (κ3) is 4.42. The lowest BCUT2D eigenvalue weighted by molar-refractivity contribution is 0.102. The number of aryl methyl sites for hydroxylation is 1. The first-order valence-electron chi connectivity index (χ1n) is 9.22. The molecule has 0 saturated carbocycles. The molecule has 0 heterocycles. The van der Waals surface area contributed by atoms with Gasteiger partial charge >= 0.3 is 0 Å². The van der Waals surface area contributed by atoms with E-state index in [1.165, 1.54) is 6.07 Å². The summed E-state index contributed by atoms with van der Waals surface area (Å²) in [6, 6.07) is 16.5. The quantitative estimate of drug-likeness (QED) is 0.481. The predicted molar refractivity (Wildman–Crippen MR) is 110 cm³/mol. The number of hydrogen-bond donors (Lipinski definition) is 4. The molecule has 1 amide bonds. The van der Waals surface area contributed by atoms with Crippen LogP contribution in [0.2, 0.25) is 0 Å². The van der Waals surface area contributed by atoms with Gasteiger partial charge in [-0.05, 0) is 42.5 Å². The Morgan fingerprint density at radius 1 is 1.11 bits per heavy atom. The lowest BCUT2D eigenvalue weighted by Gasteiger charge is -2.15. The van der Waals surface area contributed by atoms with Crippen molar-refractivity contribution in [2.75, 3.05) is 25.1 Å². The van der Waals surface area contributed by atoms with E-state index in [0.29, 0.717) is 30.8 Å². The van der Waals surface area contributed by atoms with Crippen LogP contribution >= 0.6 is 0 Å². The van der Waals surface area contributed by atoms with Crippen LogP contribution in [0.3, 0.4) is 0 Å². The van der Waals surface area contributed by atoms with Gasteiger partial charge in [0.25, 0.3) is 5.91 Å². The molecule has 0 saturated heterocycles. The number of fused-ring (bicyclic) bond motifs is 1. The highest BCUT2D eigenvalue weighted by Gasteiger charge is 2.17. The molecular formula is C22H24N2O4. The van der Waals surface area contributed by atoms with Crippen LogP contribution in [0.15, 0.2) is 54.6 Å². The lowest BCUT2D eigenvalue weighted by Crippen LogP contribution is -2.14. The third-order valence-corrected chi connectivity index (χ3v) is 4.46. The van der Waals surface area contributed by atoms with E-state index in [1.807, 2.05) is 42.5 Å². The maximum absolute atomic E-state index is 12.9. The Morgan fingerprint density at radius 2 is 1.89 bits per heavy atom. The zero-order chi connectivity index (χ0) is 19.9. The number of aromatic hydroxyl groups is 1. The van der Waals surface area contributed by atoms with E-state index in [2.05, 4.69) is 5.32 Å². The molecule has 0 fully saturated rings. The van der Waals surface area contributed by atoms with E-state index in [-0.39, 0.29) is 24.5 Å². The van der Waals surface area contributed by atoms with Gasteiger partial charge in [-0.3, -0.25) is 4.79 Å². The van der Waals surface area contributed by atoms with Crippen molar-refractivity contribution in [2.45, 2.75) is 12.8 Å². The van der Waals surface area contributed by atoms with Crippen molar-refractivity contribution >= 4 is 22.4 Å². The average molecular weight is 380 g/mol. The number of aliphatic hydroxyl groups excluding tert-OH is 1. The van der Waals surface area contributed by atoms with Crippen LogP contribution in [-0.2, 0) is 6.42 Å². The minimum Gasteiger partial charge on any atom is -0.507 e. The number of carbonyl (C=O) groups excluding carboxylic acids is 1. The highest BCUT2D eigenvalue weighted by Crippen LogP contribution is 2.31. The highest BCUT2D eigenvalue weighted by molar-refractivity contribution is 6.10. The van der Waals surface area contributed by atoms with Crippen LogP contribution < -0.4 is 15.8 Å². The van der Waals surface area contributed by atoms with Gasteiger partial charge in [0.05, 0.1) is 12.2 Å². The molecule has 0 aliphatic carbocycles. The number of aliphatic hydroxyl groups is 1. The maximum atomic E-state index is 12.9. The molecule has 3 rings (SSSR count). The summed E-state index contributed by atoms with van der Waals surface area (Å²) in [6.45, 7) is 0.467. The van der Waals surface area contributed by atoms with Crippen molar-refractivity contribution in [1.29, 1.82) is 0 Å². The number of ether oxygens (including phenoxy) is 1. The van der Waals surface area contributed by atoms with Crippen molar-refractivity contribution in [1.82, 2.24) is 0 Å². The molecule has 0 aliphatic heterocycles. The number of hydrogen-bond acceptors (Lipinski definition) is 5. The number of phenolic OH excluding ortho intramolecular Hbond substituents is 1. The Labute approximate surface area is 163 Å². The van der Waals surface area contributed by atoms with Gasteiger partial charge < -0.3 is 26.0 Å². The summed E-state index contributed by atoms with van der Waals surface area (Å²) >= 11 is 0. The number of phenols is 1. The Kier molecular flexibility index (Phi) is 6.47. The van der Waals surface area contributed by atoms with Gasteiger partial charge in [-0.1, -0.05) is 36.4 Å². The minimum atomic E-state index is -0.406. The average Bonchev–Trinajstić information content (AvgIpc) is 2.71.